The zero-order chi connectivity index (χ0) is 11.0. The number of rotatable bonds is 1. The molecule has 0 spiro atoms. The molecule has 0 unspecified atom stereocenters. The molecule has 2 aliphatic rings. The van der Waals surface area contributed by atoms with Gasteiger partial charge in [-0.3, -0.25) is 0 Å². The molecule has 3 rings (SSSR count). The molecule has 1 aliphatic heterocycles. The van der Waals surface area contributed by atoms with Gasteiger partial charge in [-0.15, -0.1) is 0 Å². The van der Waals surface area contributed by atoms with Gasteiger partial charge in [0.15, 0.2) is 0 Å². The van der Waals surface area contributed by atoms with E-state index in [1.807, 2.05) is 0 Å². The van der Waals surface area contributed by atoms with Gasteiger partial charge in [0.05, 0.1) is 0 Å². The molecule has 2 N–H and O–H groups in total. The summed E-state index contributed by atoms with van der Waals surface area (Å²) in [5, 5.41) is 0. The van der Waals surface area contributed by atoms with Crippen molar-refractivity contribution in [2.24, 2.45) is 5.73 Å². The summed E-state index contributed by atoms with van der Waals surface area (Å²) in [4.78, 5) is 11.2. The van der Waals surface area contributed by atoms with Crippen LogP contribution in [0, 0.1) is 0 Å². The highest BCUT2D eigenvalue weighted by molar-refractivity contribution is 5.50. The van der Waals surface area contributed by atoms with E-state index < -0.39 is 0 Å². The Morgan fingerprint density at radius 3 is 2.94 bits per heavy atom. The van der Waals surface area contributed by atoms with Crippen LogP contribution in [0.4, 0.5) is 5.82 Å². The van der Waals surface area contributed by atoms with Gasteiger partial charge in [0.1, 0.15) is 12.1 Å². The lowest BCUT2D eigenvalue weighted by atomic mass is 9.96. The lowest BCUT2D eigenvalue weighted by molar-refractivity contribution is 0.658. The first-order valence-corrected chi connectivity index (χ1v) is 6.18. The zero-order valence-electron chi connectivity index (χ0n) is 9.52. The van der Waals surface area contributed by atoms with E-state index in [-0.39, 0.29) is 0 Å². The van der Waals surface area contributed by atoms with Gasteiger partial charge in [-0.2, -0.15) is 0 Å². The molecular weight excluding hydrogens is 200 g/mol. The molecule has 1 aromatic heterocycles. The van der Waals surface area contributed by atoms with Crippen molar-refractivity contribution >= 4 is 5.82 Å². The first-order chi connectivity index (χ1) is 7.84. The van der Waals surface area contributed by atoms with E-state index in [1.54, 1.807) is 6.33 Å². The summed E-state index contributed by atoms with van der Waals surface area (Å²) in [5.74, 6) is 1.15. The summed E-state index contributed by atoms with van der Waals surface area (Å²) in [7, 11) is 0. The van der Waals surface area contributed by atoms with Crippen molar-refractivity contribution in [3.05, 3.63) is 17.6 Å². The van der Waals surface area contributed by atoms with Crippen LogP contribution in [0.3, 0.4) is 0 Å². The lowest BCUT2D eigenvalue weighted by Gasteiger charge is -2.23. The summed E-state index contributed by atoms with van der Waals surface area (Å²) in [6.45, 7) is 1.99. The average Bonchev–Trinajstić information content (AvgIpc) is 2.75. The summed E-state index contributed by atoms with van der Waals surface area (Å²) in [6, 6.07) is 0.314. The molecule has 1 saturated heterocycles. The van der Waals surface area contributed by atoms with Gasteiger partial charge in [-0.1, -0.05) is 0 Å². The van der Waals surface area contributed by atoms with E-state index in [0.29, 0.717) is 6.04 Å². The van der Waals surface area contributed by atoms with E-state index in [1.165, 1.54) is 24.1 Å². The average molecular weight is 218 g/mol. The highest BCUT2D eigenvalue weighted by atomic mass is 15.2. The third-order valence-electron chi connectivity index (χ3n) is 3.63. The van der Waals surface area contributed by atoms with Crippen LogP contribution in [0.25, 0.3) is 0 Å². The van der Waals surface area contributed by atoms with Crippen molar-refractivity contribution in [2.75, 3.05) is 18.0 Å². The number of anilines is 1. The Labute approximate surface area is 95.9 Å². The first-order valence-electron chi connectivity index (χ1n) is 6.18. The standard InChI is InChI=1S/C12H18N4/c13-9-5-6-16(7-9)12-10-3-1-2-4-11(10)14-8-15-12/h8-9H,1-7,13H2/t9-/m0/s1. The molecule has 1 aromatic rings. The van der Waals surface area contributed by atoms with Gasteiger partial charge >= 0.3 is 0 Å². The lowest BCUT2D eigenvalue weighted by Crippen LogP contribution is -2.28. The SMILES string of the molecule is N[C@H]1CCN(c2ncnc3c2CCCC3)C1. The van der Waals surface area contributed by atoms with Gasteiger partial charge in [0.2, 0.25) is 0 Å². The molecule has 0 amide bonds. The summed E-state index contributed by atoms with van der Waals surface area (Å²) in [6.07, 6.45) is 7.58. The number of aryl methyl sites for hydroxylation is 1. The van der Waals surface area contributed by atoms with E-state index in [9.17, 15) is 0 Å². The smallest absolute Gasteiger partial charge is 0.135 e. The fourth-order valence-electron chi connectivity index (χ4n) is 2.76. The minimum atomic E-state index is 0.314. The van der Waals surface area contributed by atoms with Crippen molar-refractivity contribution < 1.29 is 0 Å². The van der Waals surface area contributed by atoms with Gasteiger partial charge in [0, 0.05) is 30.4 Å². The van der Waals surface area contributed by atoms with Gasteiger partial charge in [-0.05, 0) is 32.1 Å². The van der Waals surface area contributed by atoms with Crippen LogP contribution >= 0.6 is 0 Å². The fourth-order valence-corrected chi connectivity index (χ4v) is 2.76. The van der Waals surface area contributed by atoms with Crippen molar-refractivity contribution in [1.29, 1.82) is 0 Å². The van der Waals surface area contributed by atoms with Crippen molar-refractivity contribution in [2.45, 2.75) is 38.1 Å². The molecule has 4 heteroatoms. The van der Waals surface area contributed by atoms with Crippen molar-refractivity contribution in [3.63, 3.8) is 0 Å². The number of hydrogen-bond donors (Lipinski definition) is 1. The van der Waals surface area contributed by atoms with Crippen molar-refractivity contribution in [1.82, 2.24) is 9.97 Å². The Morgan fingerprint density at radius 1 is 1.25 bits per heavy atom. The van der Waals surface area contributed by atoms with E-state index in [4.69, 9.17) is 5.73 Å². The molecule has 1 aliphatic carbocycles. The maximum atomic E-state index is 5.95. The van der Waals surface area contributed by atoms with Crippen LogP contribution in [-0.2, 0) is 12.8 Å². The van der Waals surface area contributed by atoms with E-state index in [0.717, 1.165) is 38.2 Å². The maximum absolute atomic E-state index is 5.95. The third kappa shape index (κ3) is 1.67. The van der Waals surface area contributed by atoms with Gasteiger partial charge < -0.3 is 10.6 Å². The molecule has 0 saturated carbocycles. The predicted molar refractivity (Wildman–Crippen MR) is 63.5 cm³/mol. The second-order valence-electron chi connectivity index (χ2n) is 4.82. The number of nitrogens with zero attached hydrogens (tertiary/aromatic N) is 3. The van der Waals surface area contributed by atoms with Crippen LogP contribution < -0.4 is 10.6 Å². The van der Waals surface area contributed by atoms with Crippen LogP contribution in [0.5, 0.6) is 0 Å². The summed E-state index contributed by atoms with van der Waals surface area (Å²) < 4.78 is 0. The summed E-state index contributed by atoms with van der Waals surface area (Å²) >= 11 is 0. The molecule has 0 aromatic carbocycles. The molecule has 86 valence electrons. The normalized spacial score (nSPS) is 24.6. The molecule has 1 atom stereocenters. The molecule has 0 bridgehead atoms. The van der Waals surface area contributed by atoms with Crippen molar-refractivity contribution in [3.8, 4) is 0 Å². The quantitative estimate of drug-likeness (QED) is 0.760. The second-order valence-corrected chi connectivity index (χ2v) is 4.82. The zero-order valence-corrected chi connectivity index (χ0v) is 9.52. The van der Waals surface area contributed by atoms with Gasteiger partial charge in [-0.25, -0.2) is 9.97 Å². The van der Waals surface area contributed by atoms with E-state index in [2.05, 4.69) is 14.9 Å². The van der Waals surface area contributed by atoms with Crippen LogP contribution in [0.1, 0.15) is 30.5 Å². The highest BCUT2D eigenvalue weighted by Crippen LogP contribution is 2.28. The Morgan fingerprint density at radius 2 is 2.12 bits per heavy atom. The summed E-state index contributed by atoms with van der Waals surface area (Å²) in [5.41, 5.74) is 8.59. The first kappa shape index (κ1) is 10.0. The topological polar surface area (TPSA) is 55.0 Å². The Kier molecular flexibility index (Phi) is 2.52. The minimum Gasteiger partial charge on any atom is -0.355 e. The minimum absolute atomic E-state index is 0.314. The molecule has 2 heterocycles. The fraction of sp³-hybridized carbons (Fsp3) is 0.667. The molecule has 4 nitrogen and oxygen atoms in total. The van der Waals surface area contributed by atoms with Gasteiger partial charge in [0.25, 0.3) is 0 Å². The third-order valence-corrected chi connectivity index (χ3v) is 3.63. The highest BCUT2D eigenvalue weighted by Gasteiger charge is 2.24. The van der Waals surface area contributed by atoms with E-state index >= 15 is 0 Å². The number of aromatic nitrogens is 2. The number of nitrogens with two attached hydrogens (primary N) is 1. The maximum Gasteiger partial charge on any atom is 0.135 e. The number of hydrogen-bond acceptors (Lipinski definition) is 4. The molecule has 16 heavy (non-hydrogen) atoms. The predicted octanol–water partition coefficient (Wildman–Crippen LogP) is 0.893. The molecule has 0 radical (unpaired) electrons. The Balaban J connectivity index is 1.94. The molecular formula is C12H18N4. The van der Waals surface area contributed by atoms with Crippen LogP contribution in [0.15, 0.2) is 6.33 Å². The molecule has 1 fully saturated rings. The Bertz CT molecular complexity index is 391. The van der Waals surface area contributed by atoms with Crippen LogP contribution in [0.2, 0.25) is 0 Å². The monoisotopic (exact) mass is 218 g/mol. The number of fused-ring (bicyclic) bond motifs is 1. The second kappa shape index (κ2) is 4.01. The Hall–Kier alpha value is -1.16. The van der Waals surface area contributed by atoms with Crippen LogP contribution in [-0.4, -0.2) is 29.1 Å². The largest absolute Gasteiger partial charge is 0.355 e.